The largest absolute Gasteiger partial charge is 0.367 e. The van der Waals surface area contributed by atoms with Crippen molar-refractivity contribution in [2.24, 2.45) is 0 Å². The lowest BCUT2D eigenvalue weighted by atomic mass is 10.2. The lowest BCUT2D eigenvalue weighted by Gasteiger charge is -2.35. The second kappa shape index (κ2) is 6.10. The van der Waals surface area contributed by atoms with Crippen LogP contribution in [0.5, 0.6) is 0 Å². The molecule has 1 aromatic heterocycles. The molecule has 1 aliphatic rings. The van der Waals surface area contributed by atoms with Crippen molar-refractivity contribution in [3.63, 3.8) is 0 Å². The van der Waals surface area contributed by atoms with Crippen molar-refractivity contribution in [3.05, 3.63) is 52.2 Å². The van der Waals surface area contributed by atoms with E-state index in [1.807, 2.05) is 11.0 Å². The van der Waals surface area contributed by atoms with Gasteiger partial charge in [-0.2, -0.15) is 0 Å². The molecule has 0 N–H and O–H groups in total. The molecule has 0 radical (unpaired) electrons. The van der Waals surface area contributed by atoms with Crippen LogP contribution in [0.15, 0.2) is 35.1 Å². The number of benzene rings is 1. The molecule has 1 fully saturated rings. The summed E-state index contributed by atoms with van der Waals surface area (Å²) < 4.78 is 18.8. The van der Waals surface area contributed by atoms with Crippen molar-refractivity contribution in [2.75, 3.05) is 31.1 Å². The number of rotatable bonds is 4. The lowest BCUT2D eigenvalue weighted by Crippen LogP contribution is -2.46. The molecular weight excluding hydrogens is 291 g/mol. The van der Waals surface area contributed by atoms with Crippen molar-refractivity contribution in [3.8, 4) is 0 Å². The smallest absolute Gasteiger partial charge is 0.272 e. The molecule has 116 valence electrons. The zero-order valence-electron chi connectivity index (χ0n) is 11.8. The van der Waals surface area contributed by atoms with E-state index in [4.69, 9.17) is 4.52 Å². The molecule has 2 aromatic rings. The van der Waals surface area contributed by atoms with Crippen LogP contribution >= 0.6 is 0 Å². The molecule has 2 heterocycles. The van der Waals surface area contributed by atoms with Crippen molar-refractivity contribution < 1.29 is 13.8 Å². The summed E-state index contributed by atoms with van der Waals surface area (Å²) in [5, 5.41) is 14.5. The quantitative estimate of drug-likeness (QED) is 0.635. The summed E-state index contributed by atoms with van der Waals surface area (Å²) in [6.45, 7) is 3.55. The predicted molar refractivity (Wildman–Crippen MR) is 77.0 cm³/mol. The molecule has 1 aliphatic heterocycles. The number of nitrogens with zero attached hydrogens (tertiary/aromatic N) is 4. The van der Waals surface area contributed by atoms with Crippen LogP contribution in [0.1, 0.15) is 5.69 Å². The Morgan fingerprint density at radius 2 is 2.05 bits per heavy atom. The highest BCUT2D eigenvalue weighted by Gasteiger charge is 2.21. The molecule has 8 heteroatoms. The van der Waals surface area contributed by atoms with E-state index in [2.05, 4.69) is 10.1 Å². The molecule has 22 heavy (non-hydrogen) atoms. The second-order valence-corrected chi connectivity index (χ2v) is 5.15. The van der Waals surface area contributed by atoms with Crippen molar-refractivity contribution in [2.45, 2.75) is 6.54 Å². The standard InChI is InChI=1S/C14H15FN4O3/c15-13-9-12(19(20)21)1-2-14(13)18-6-4-17(5-7-18)10-11-3-8-22-16-11/h1-3,8-9H,4-7,10H2. The maximum atomic E-state index is 14.0. The van der Waals surface area contributed by atoms with Gasteiger partial charge in [-0.25, -0.2) is 4.39 Å². The summed E-state index contributed by atoms with van der Waals surface area (Å²) in [5.41, 5.74) is 1.05. The van der Waals surface area contributed by atoms with Crippen molar-refractivity contribution in [1.82, 2.24) is 10.1 Å². The maximum Gasteiger partial charge on any atom is 0.272 e. The van der Waals surface area contributed by atoms with Crippen molar-refractivity contribution in [1.29, 1.82) is 0 Å². The van der Waals surface area contributed by atoms with Crippen LogP contribution in [0.3, 0.4) is 0 Å². The van der Waals surface area contributed by atoms with Crippen LogP contribution in [0.25, 0.3) is 0 Å². The van der Waals surface area contributed by atoms with Gasteiger partial charge in [0.05, 0.1) is 22.4 Å². The van der Waals surface area contributed by atoms with E-state index in [0.717, 1.165) is 24.8 Å². The molecule has 0 saturated carbocycles. The number of aromatic nitrogens is 1. The fourth-order valence-electron chi connectivity index (χ4n) is 2.56. The third kappa shape index (κ3) is 3.06. The van der Waals surface area contributed by atoms with Crippen LogP contribution in [0, 0.1) is 15.9 Å². The van der Waals surface area contributed by atoms with Gasteiger partial charge in [0.15, 0.2) is 5.82 Å². The summed E-state index contributed by atoms with van der Waals surface area (Å²) in [5.74, 6) is -0.556. The van der Waals surface area contributed by atoms with Crippen molar-refractivity contribution >= 4 is 11.4 Å². The Kier molecular flexibility index (Phi) is 4.01. The molecule has 0 atom stereocenters. The van der Waals surface area contributed by atoms with Crippen LogP contribution in [-0.2, 0) is 6.54 Å². The van der Waals surface area contributed by atoms with E-state index in [1.54, 1.807) is 0 Å². The van der Waals surface area contributed by atoms with Crippen LogP contribution in [0.4, 0.5) is 15.8 Å². The number of hydrogen-bond donors (Lipinski definition) is 0. The molecule has 0 spiro atoms. The molecule has 0 bridgehead atoms. The predicted octanol–water partition coefficient (Wildman–Crippen LogP) is 2.04. The first kappa shape index (κ1) is 14.5. The van der Waals surface area contributed by atoms with E-state index < -0.39 is 10.7 Å². The SMILES string of the molecule is O=[N+]([O-])c1ccc(N2CCN(Cc3ccon3)CC2)c(F)c1. The topological polar surface area (TPSA) is 75.7 Å². The Balaban J connectivity index is 1.62. The molecule has 1 saturated heterocycles. The summed E-state index contributed by atoms with van der Waals surface area (Å²) in [6.07, 6.45) is 1.54. The van der Waals surface area contributed by atoms with Gasteiger partial charge in [0.25, 0.3) is 5.69 Å². The number of nitro groups is 1. The van der Waals surface area contributed by atoms with Gasteiger partial charge in [-0.3, -0.25) is 15.0 Å². The minimum absolute atomic E-state index is 0.231. The Morgan fingerprint density at radius 1 is 1.27 bits per heavy atom. The molecular formula is C14H15FN4O3. The first-order valence-electron chi connectivity index (χ1n) is 6.94. The molecule has 0 unspecified atom stereocenters. The highest BCUT2D eigenvalue weighted by Crippen LogP contribution is 2.25. The monoisotopic (exact) mass is 306 g/mol. The number of halogens is 1. The van der Waals surface area contributed by atoms with Gasteiger partial charge in [0.1, 0.15) is 6.26 Å². The highest BCUT2D eigenvalue weighted by molar-refractivity contribution is 5.52. The van der Waals surface area contributed by atoms with Crippen LogP contribution in [-0.4, -0.2) is 41.2 Å². The second-order valence-electron chi connectivity index (χ2n) is 5.15. The average Bonchev–Trinajstić information content (AvgIpc) is 3.01. The van der Waals surface area contributed by atoms with Gasteiger partial charge in [-0.05, 0) is 6.07 Å². The van der Waals surface area contributed by atoms with E-state index in [-0.39, 0.29) is 5.69 Å². The van der Waals surface area contributed by atoms with Crippen LogP contribution in [0.2, 0.25) is 0 Å². The summed E-state index contributed by atoms with van der Waals surface area (Å²) >= 11 is 0. The third-order valence-corrected chi connectivity index (χ3v) is 3.73. The molecule has 0 amide bonds. The van der Waals surface area contributed by atoms with Gasteiger partial charge >= 0.3 is 0 Å². The van der Waals surface area contributed by atoms with E-state index in [0.29, 0.717) is 25.3 Å². The highest BCUT2D eigenvalue weighted by atomic mass is 19.1. The summed E-state index contributed by atoms with van der Waals surface area (Å²) in [7, 11) is 0. The van der Waals surface area contributed by atoms with E-state index >= 15 is 0 Å². The van der Waals surface area contributed by atoms with Gasteiger partial charge in [-0.15, -0.1) is 0 Å². The first-order valence-corrected chi connectivity index (χ1v) is 6.94. The minimum atomic E-state index is -0.595. The fraction of sp³-hybridized carbons (Fsp3) is 0.357. The molecule has 0 aliphatic carbocycles. The lowest BCUT2D eigenvalue weighted by molar-refractivity contribution is -0.385. The Morgan fingerprint density at radius 3 is 2.64 bits per heavy atom. The zero-order chi connectivity index (χ0) is 15.5. The number of nitro benzene ring substituents is 1. The average molecular weight is 306 g/mol. The maximum absolute atomic E-state index is 14.0. The normalized spacial score (nSPS) is 16.0. The Hall–Kier alpha value is -2.48. The Bertz CT molecular complexity index is 654. The van der Waals surface area contributed by atoms with Gasteiger partial charge < -0.3 is 9.42 Å². The fourth-order valence-corrected chi connectivity index (χ4v) is 2.56. The van der Waals surface area contributed by atoms with Crippen LogP contribution < -0.4 is 4.90 Å². The summed E-state index contributed by atoms with van der Waals surface area (Å²) in [6, 6.07) is 5.60. The number of hydrogen-bond acceptors (Lipinski definition) is 6. The molecule has 3 rings (SSSR count). The number of anilines is 1. The van der Waals surface area contributed by atoms with Gasteiger partial charge in [0, 0.05) is 44.9 Å². The molecule has 7 nitrogen and oxygen atoms in total. The third-order valence-electron chi connectivity index (χ3n) is 3.73. The van der Waals surface area contributed by atoms with Gasteiger partial charge in [-0.1, -0.05) is 5.16 Å². The van der Waals surface area contributed by atoms with Gasteiger partial charge in [0.2, 0.25) is 0 Å². The Labute approximate surface area is 126 Å². The summed E-state index contributed by atoms with van der Waals surface area (Å²) in [4.78, 5) is 14.2. The minimum Gasteiger partial charge on any atom is -0.367 e. The number of non-ortho nitro benzene ring substituents is 1. The zero-order valence-corrected chi connectivity index (χ0v) is 11.8. The van der Waals surface area contributed by atoms with E-state index in [1.165, 1.54) is 18.4 Å². The van der Waals surface area contributed by atoms with E-state index in [9.17, 15) is 14.5 Å². The molecule has 1 aromatic carbocycles. The first-order chi connectivity index (χ1) is 10.6. The number of piperazine rings is 1.